The van der Waals surface area contributed by atoms with Gasteiger partial charge in [0.2, 0.25) is 0 Å². The van der Waals surface area contributed by atoms with Crippen molar-refractivity contribution in [3.8, 4) is 66.8 Å². The summed E-state index contributed by atoms with van der Waals surface area (Å²) >= 11 is -3.49. The van der Waals surface area contributed by atoms with Crippen LogP contribution in [-0.4, -0.2) is 29.3 Å². The molecule has 12 rings (SSSR count). The third kappa shape index (κ3) is 11.5. The molecule has 0 saturated carbocycles. The Morgan fingerprint density at radius 1 is 0.108 bits per heavy atom. The van der Waals surface area contributed by atoms with Crippen LogP contribution in [0.1, 0.15) is 0 Å². The van der Waals surface area contributed by atoms with Crippen LogP contribution in [0.25, 0.3) is 66.8 Å². The third-order valence-corrected chi connectivity index (χ3v) is 23.6. The second-order valence-corrected chi connectivity index (χ2v) is 27.5. The fourth-order valence-electron chi connectivity index (χ4n) is 9.50. The molecule has 0 bridgehead atoms. The van der Waals surface area contributed by atoms with Crippen molar-refractivity contribution in [2.45, 2.75) is 0 Å². The van der Waals surface area contributed by atoms with Gasteiger partial charge in [-0.25, -0.2) is 0 Å². The molecule has 0 radical (unpaired) electrons. The molecular formula is C72H54As2. The van der Waals surface area contributed by atoms with E-state index in [2.05, 4.69) is 328 Å². The molecule has 12 aromatic carbocycles. The SMILES string of the molecule is c1ccc(-c2ccc([As](c3ccc(-c4ccccc4)cc3)c3ccc(-c4ccccc4)cc3)cc2)cc1.c1ccc(-c2ccc([As](c3ccc(-c4ccccc4)cc3)c3ccc(-c4ccccc4)cc3)cc2)cc1. The Kier molecular flexibility index (Phi) is 15.3. The van der Waals surface area contributed by atoms with E-state index in [1.807, 2.05) is 0 Å². The van der Waals surface area contributed by atoms with Crippen LogP contribution in [-0.2, 0) is 0 Å². The summed E-state index contributed by atoms with van der Waals surface area (Å²) in [6.45, 7) is 0. The van der Waals surface area contributed by atoms with E-state index in [0.29, 0.717) is 0 Å². The second-order valence-electron chi connectivity index (χ2n) is 18.1. The summed E-state index contributed by atoms with van der Waals surface area (Å²) in [5.41, 5.74) is 15.1. The molecule has 0 N–H and O–H groups in total. The van der Waals surface area contributed by atoms with E-state index in [1.54, 1.807) is 0 Å². The van der Waals surface area contributed by atoms with E-state index in [1.165, 1.54) is 92.9 Å². The van der Waals surface area contributed by atoms with Gasteiger partial charge in [-0.1, -0.05) is 0 Å². The van der Waals surface area contributed by atoms with Gasteiger partial charge >= 0.3 is 450 Å². The molecule has 0 fully saturated rings. The van der Waals surface area contributed by atoms with Gasteiger partial charge in [0.25, 0.3) is 0 Å². The number of benzene rings is 12. The average Bonchev–Trinajstić information content (AvgIpc) is 3.50. The second kappa shape index (κ2) is 23.5. The first-order valence-corrected chi connectivity index (χ1v) is 30.9. The fraction of sp³-hybridized carbons (Fsp3) is 0. The van der Waals surface area contributed by atoms with E-state index in [9.17, 15) is 0 Å². The molecule has 0 heterocycles. The quantitative estimate of drug-likeness (QED) is 0.107. The van der Waals surface area contributed by atoms with E-state index in [-0.39, 0.29) is 0 Å². The Bertz CT molecular complexity index is 2960. The molecule has 352 valence electrons. The summed E-state index contributed by atoms with van der Waals surface area (Å²) in [5, 5.41) is 0. The van der Waals surface area contributed by atoms with Crippen molar-refractivity contribution in [1.29, 1.82) is 0 Å². The molecule has 0 aromatic heterocycles. The summed E-state index contributed by atoms with van der Waals surface area (Å²) in [6.07, 6.45) is 0. The molecule has 0 aliphatic rings. The molecule has 0 spiro atoms. The van der Waals surface area contributed by atoms with Crippen molar-refractivity contribution in [2.24, 2.45) is 0 Å². The maximum absolute atomic E-state index is 2.35. The van der Waals surface area contributed by atoms with Gasteiger partial charge in [0.1, 0.15) is 0 Å². The molecule has 0 amide bonds. The molecule has 0 aliphatic heterocycles. The van der Waals surface area contributed by atoms with Crippen LogP contribution in [0.3, 0.4) is 0 Å². The standard InChI is InChI=1S/2C36H27As/c2*1-4-10-28(11-5-1)31-16-22-34(23-17-31)37(35-24-18-32(19-25-35)29-12-6-2-7-13-29)36-26-20-33(21-27-36)30-14-8-3-9-15-30/h2*1-27H. The van der Waals surface area contributed by atoms with Gasteiger partial charge in [-0.3, -0.25) is 0 Å². The van der Waals surface area contributed by atoms with Crippen LogP contribution in [0.5, 0.6) is 0 Å². The molecule has 0 saturated heterocycles. The first-order chi connectivity index (χ1) is 36.7. The number of hydrogen-bond acceptors (Lipinski definition) is 0. The van der Waals surface area contributed by atoms with E-state index in [0.717, 1.165) is 0 Å². The maximum atomic E-state index is 2.35. The molecule has 74 heavy (non-hydrogen) atoms. The van der Waals surface area contributed by atoms with Gasteiger partial charge in [0.15, 0.2) is 0 Å². The molecule has 2 heteroatoms. The van der Waals surface area contributed by atoms with Crippen LogP contribution in [0.4, 0.5) is 0 Å². The summed E-state index contributed by atoms with van der Waals surface area (Å²) < 4.78 is 8.62. The van der Waals surface area contributed by atoms with Crippen LogP contribution in [0, 0.1) is 0 Å². The zero-order chi connectivity index (χ0) is 49.7. The Balaban J connectivity index is 0.000000159. The Hall–Kier alpha value is -8.24. The van der Waals surface area contributed by atoms with Gasteiger partial charge < -0.3 is 0 Å². The minimum atomic E-state index is -1.74. The van der Waals surface area contributed by atoms with E-state index in [4.69, 9.17) is 0 Å². The summed E-state index contributed by atoms with van der Waals surface area (Å²) in [5.74, 6) is 0. The van der Waals surface area contributed by atoms with Crippen LogP contribution >= 0.6 is 0 Å². The third-order valence-electron chi connectivity index (χ3n) is 13.4. The van der Waals surface area contributed by atoms with Gasteiger partial charge in [-0.2, -0.15) is 0 Å². The van der Waals surface area contributed by atoms with Crippen molar-refractivity contribution >= 4 is 55.4 Å². The normalized spacial score (nSPS) is 10.9. The molecule has 12 aromatic rings. The first-order valence-electron chi connectivity index (χ1n) is 25.2. The van der Waals surface area contributed by atoms with Gasteiger partial charge in [0.05, 0.1) is 0 Å². The van der Waals surface area contributed by atoms with Crippen molar-refractivity contribution in [2.75, 3.05) is 0 Å². The monoisotopic (exact) mass is 1070 g/mol. The van der Waals surface area contributed by atoms with Crippen LogP contribution in [0.2, 0.25) is 0 Å². The minimum absolute atomic E-state index is 1.26. The topological polar surface area (TPSA) is 0 Å². The zero-order valence-corrected chi connectivity index (χ0v) is 44.8. The van der Waals surface area contributed by atoms with Gasteiger partial charge in [-0.05, 0) is 0 Å². The van der Waals surface area contributed by atoms with Crippen LogP contribution in [0.15, 0.2) is 328 Å². The predicted molar refractivity (Wildman–Crippen MR) is 321 cm³/mol. The fourth-order valence-corrected chi connectivity index (χ4v) is 18.9. The summed E-state index contributed by atoms with van der Waals surface area (Å²) in [6, 6.07) is 119. The van der Waals surface area contributed by atoms with Gasteiger partial charge in [0, 0.05) is 0 Å². The number of rotatable bonds is 12. The first kappa shape index (κ1) is 48.0. The van der Waals surface area contributed by atoms with Crippen molar-refractivity contribution < 1.29 is 0 Å². The Labute approximate surface area is 446 Å². The van der Waals surface area contributed by atoms with Crippen molar-refractivity contribution in [3.63, 3.8) is 0 Å². The zero-order valence-electron chi connectivity index (χ0n) is 41.1. The van der Waals surface area contributed by atoms with Crippen molar-refractivity contribution in [1.82, 2.24) is 0 Å². The molecule has 0 aliphatic carbocycles. The van der Waals surface area contributed by atoms with Gasteiger partial charge in [-0.15, -0.1) is 0 Å². The average molecular weight is 1070 g/mol. The molecule has 0 unspecified atom stereocenters. The summed E-state index contributed by atoms with van der Waals surface area (Å²) in [7, 11) is 0. The van der Waals surface area contributed by atoms with E-state index >= 15 is 0 Å². The van der Waals surface area contributed by atoms with Crippen molar-refractivity contribution in [3.05, 3.63) is 328 Å². The Morgan fingerprint density at radius 2 is 0.216 bits per heavy atom. The molecule has 0 nitrogen and oxygen atoms in total. The predicted octanol–water partition coefficient (Wildman–Crippen LogP) is 14.4. The number of hydrogen-bond donors (Lipinski definition) is 0. The molecule has 0 atom stereocenters. The summed E-state index contributed by atoms with van der Waals surface area (Å²) in [4.78, 5) is 0. The van der Waals surface area contributed by atoms with E-state index < -0.39 is 29.3 Å². The Morgan fingerprint density at radius 3 is 0.338 bits per heavy atom. The van der Waals surface area contributed by atoms with Crippen LogP contribution < -0.4 is 26.1 Å². The molecular weight excluding hydrogens is 1010 g/mol.